The Morgan fingerprint density at radius 1 is 1.56 bits per heavy atom. The molecular weight excluding hydrogens is 321 g/mol. The second kappa shape index (κ2) is 8.77. The normalized spacial score (nSPS) is 24.9. The van der Waals surface area contributed by atoms with Crippen LogP contribution in [0.4, 0.5) is 0 Å². The summed E-state index contributed by atoms with van der Waals surface area (Å²) in [6, 6.07) is 0. The fourth-order valence-electron chi connectivity index (χ4n) is 1.48. The minimum atomic E-state index is -0.0208. The number of nitrogens with two attached hydrogens (primary N) is 1. The second-order valence-electron chi connectivity index (χ2n) is 3.54. The van der Waals surface area contributed by atoms with Crippen molar-refractivity contribution in [2.24, 2.45) is 10.7 Å². The van der Waals surface area contributed by atoms with Crippen LogP contribution in [0.2, 0.25) is 0 Å². The van der Waals surface area contributed by atoms with Crippen LogP contribution in [0.3, 0.4) is 0 Å². The van der Waals surface area contributed by atoms with Crippen molar-refractivity contribution in [3.63, 3.8) is 0 Å². The van der Waals surface area contributed by atoms with Gasteiger partial charge in [-0.25, -0.2) is 0 Å². The quantitative estimate of drug-likeness (QED) is 0.290. The maximum atomic E-state index is 8.87. The largest absolute Gasteiger partial charge is 0.394 e. The van der Waals surface area contributed by atoms with Gasteiger partial charge in [0.05, 0.1) is 25.4 Å². The summed E-state index contributed by atoms with van der Waals surface area (Å²) >= 11 is 0. The van der Waals surface area contributed by atoms with E-state index >= 15 is 0 Å². The van der Waals surface area contributed by atoms with E-state index in [9.17, 15) is 0 Å². The number of ether oxygens (including phenoxy) is 1. The monoisotopic (exact) mass is 341 g/mol. The van der Waals surface area contributed by atoms with Gasteiger partial charge in [0.15, 0.2) is 5.96 Å². The molecule has 1 aliphatic heterocycles. The maximum Gasteiger partial charge on any atom is 0.188 e. The van der Waals surface area contributed by atoms with Crippen LogP contribution >= 0.6 is 24.0 Å². The highest BCUT2D eigenvalue weighted by molar-refractivity contribution is 14.0. The highest BCUT2D eigenvalue weighted by Gasteiger charge is 2.23. The average molecular weight is 341 g/mol. The van der Waals surface area contributed by atoms with Gasteiger partial charge in [-0.05, 0) is 12.8 Å². The zero-order valence-electron chi connectivity index (χ0n) is 9.26. The third-order valence-electron chi connectivity index (χ3n) is 2.29. The molecule has 1 fully saturated rings. The lowest BCUT2D eigenvalue weighted by Gasteiger charge is -2.10. The minimum absolute atomic E-state index is 0. The van der Waals surface area contributed by atoms with E-state index in [1.807, 2.05) is 0 Å². The van der Waals surface area contributed by atoms with Crippen molar-refractivity contribution < 1.29 is 9.84 Å². The smallest absolute Gasteiger partial charge is 0.188 e. The Balaban J connectivity index is 0.00000225. The van der Waals surface area contributed by atoms with Crippen molar-refractivity contribution in [1.29, 1.82) is 0 Å². The molecule has 16 heavy (non-hydrogen) atoms. The molecular formula is C10H20IN3O2. The highest BCUT2D eigenvalue weighted by atomic mass is 127. The first-order valence-electron chi connectivity index (χ1n) is 5.17. The van der Waals surface area contributed by atoms with Crippen molar-refractivity contribution in [2.45, 2.75) is 25.0 Å². The summed E-state index contributed by atoms with van der Waals surface area (Å²) in [6.07, 6.45) is 3.62. The number of nitrogens with zero attached hydrogens (tertiary/aromatic N) is 1. The number of aliphatic hydroxyl groups excluding tert-OH is 1. The van der Waals surface area contributed by atoms with Gasteiger partial charge >= 0.3 is 0 Å². The minimum Gasteiger partial charge on any atom is -0.394 e. The Morgan fingerprint density at radius 3 is 2.81 bits per heavy atom. The molecule has 0 bridgehead atoms. The molecule has 0 amide bonds. The number of nitrogens with one attached hydrogen (secondary N) is 1. The summed E-state index contributed by atoms with van der Waals surface area (Å²) in [5.74, 6) is 0.408. The number of rotatable bonds is 5. The third-order valence-corrected chi connectivity index (χ3v) is 2.29. The van der Waals surface area contributed by atoms with Crippen LogP contribution in [-0.2, 0) is 4.74 Å². The van der Waals surface area contributed by atoms with Crippen LogP contribution in [-0.4, -0.2) is 43.0 Å². The Morgan fingerprint density at radius 2 is 2.25 bits per heavy atom. The predicted molar refractivity (Wildman–Crippen MR) is 75.1 cm³/mol. The van der Waals surface area contributed by atoms with E-state index in [-0.39, 0.29) is 42.8 Å². The van der Waals surface area contributed by atoms with Gasteiger partial charge in [-0.15, -0.1) is 30.6 Å². The molecule has 0 aliphatic carbocycles. The molecule has 1 rings (SSSR count). The molecule has 1 saturated heterocycles. The summed E-state index contributed by atoms with van der Waals surface area (Å²) in [5, 5.41) is 11.8. The number of aliphatic imine (C=N–C) groups is 1. The lowest BCUT2D eigenvalue weighted by Crippen LogP contribution is -2.32. The van der Waals surface area contributed by atoms with E-state index in [4.69, 9.17) is 15.6 Å². The van der Waals surface area contributed by atoms with Crippen molar-refractivity contribution in [2.75, 3.05) is 19.7 Å². The molecule has 5 nitrogen and oxygen atoms in total. The molecule has 4 N–H and O–H groups in total. The predicted octanol–water partition coefficient (Wildman–Crippen LogP) is 0.235. The SMILES string of the molecule is C=CCNC(N)=NC[C@H]1CC[C@@H](CO)O1.I. The molecule has 0 saturated carbocycles. The molecule has 0 aromatic heterocycles. The Kier molecular flexibility index (Phi) is 8.58. The molecule has 1 aliphatic rings. The standard InChI is InChI=1S/C10H19N3O2.HI/c1-2-5-12-10(11)13-6-8-3-4-9(7-14)15-8;/h2,8-9,14H,1,3-7H2,(H3,11,12,13);1H/t8-,9+;/m1./s1. The Labute approximate surface area is 113 Å². The van der Waals surface area contributed by atoms with Crippen molar-refractivity contribution >= 4 is 29.9 Å². The van der Waals surface area contributed by atoms with Gasteiger partial charge in [0.1, 0.15) is 0 Å². The lowest BCUT2D eigenvalue weighted by molar-refractivity contribution is 0.0160. The van der Waals surface area contributed by atoms with E-state index in [1.54, 1.807) is 6.08 Å². The molecule has 0 unspecified atom stereocenters. The van der Waals surface area contributed by atoms with Crippen LogP contribution in [0.5, 0.6) is 0 Å². The molecule has 0 aromatic rings. The van der Waals surface area contributed by atoms with Crippen LogP contribution in [0.1, 0.15) is 12.8 Å². The van der Waals surface area contributed by atoms with Crippen LogP contribution in [0, 0.1) is 0 Å². The van der Waals surface area contributed by atoms with Gasteiger partial charge in [0.25, 0.3) is 0 Å². The maximum absolute atomic E-state index is 8.87. The first-order valence-corrected chi connectivity index (χ1v) is 5.17. The average Bonchev–Trinajstić information content (AvgIpc) is 2.71. The van der Waals surface area contributed by atoms with Crippen molar-refractivity contribution in [1.82, 2.24) is 5.32 Å². The molecule has 6 heteroatoms. The second-order valence-corrected chi connectivity index (χ2v) is 3.54. The van der Waals surface area contributed by atoms with Gasteiger partial charge in [0.2, 0.25) is 0 Å². The lowest BCUT2D eigenvalue weighted by atomic mass is 10.2. The number of hydrogen-bond acceptors (Lipinski definition) is 3. The zero-order chi connectivity index (χ0) is 11.1. The number of hydrogen-bond donors (Lipinski definition) is 3. The van der Waals surface area contributed by atoms with Gasteiger partial charge in [0, 0.05) is 6.54 Å². The van der Waals surface area contributed by atoms with E-state index < -0.39 is 0 Å². The molecule has 1 heterocycles. The van der Waals surface area contributed by atoms with E-state index in [0.29, 0.717) is 19.0 Å². The number of aliphatic hydroxyl groups is 1. The zero-order valence-corrected chi connectivity index (χ0v) is 11.6. The third kappa shape index (κ3) is 5.66. The summed E-state index contributed by atoms with van der Waals surface area (Å²) < 4.78 is 5.50. The van der Waals surface area contributed by atoms with Gasteiger partial charge < -0.3 is 20.9 Å². The van der Waals surface area contributed by atoms with Gasteiger partial charge in [-0.3, -0.25) is 4.99 Å². The van der Waals surface area contributed by atoms with E-state index in [2.05, 4.69) is 16.9 Å². The van der Waals surface area contributed by atoms with Crippen LogP contribution in [0.15, 0.2) is 17.6 Å². The highest BCUT2D eigenvalue weighted by Crippen LogP contribution is 2.19. The molecule has 94 valence electrons. The Hall–Kier alpha value is -0.340. The van der Waals surface area contributed by atoms with E-state index in [1.165, 1.54) is 0 Å². The van der Waals surface area contributed by atoms with E-state index in [0.717, 1.165) is 12.8 Å². The molecule has 0 aromatic carbocycles. The topological polar surface area (TPSA) is 79.9 Å². The fourth-order valence-corrected chi connectivity index (χ4v) is 1.48. The summed E-state index contributed by atoms with van der Waals surface area (Å²) in [5.41, 5.74) is 5.59. The summed E-state index contributed by atoms with van der Waals surface area (Å²) in [4.78, 5) is 4.14. The van der Waals surface area contributed by atoms with Gasteiger partial charge in [-0.1, -0.05) is 6.08 Å². The van der Waals surface area contributed by atoms with Crippen molar-refractivity contribution in [3.8, 4) is 0 Å². The van der Waals surface area contributed by atoms with Crippen LogP contribution < -0.4 is 11.1 Å². The first kappa shape index (κ1) is 15.7. The summed E-state index contributed by atoms with van der Waals surface area (Å²) in [6.45, 7) is 4.81. The Bertz CT molecular complexity index is 236. The van der Waals surface area contributed by atoms with Crippen LogP contribution in [0.25, 0.3) is 0 Å². The van der Waals surface area contributed by atoms with Crippen molar-refractivity contribution in [3.05, 3.63) is 12.7 Å². The van der Waals surface area contributed by atoms with Gasteiger partial charge in [-0.2, -0.15) is 0 Å². The first-order chi connectivity index (χ1) is 7.26. The number of guanidine groups is 1. The fraction of sp³-hybridized carbons (Fsp3) is 0.700. The number of halogens is 1. The molecule has 2 atom stereocenters. The summed E-state index contributed by atoms with van der Waals surface area (Å²) in [7, 11) is 0. The molecule has 0 spiro atoms. The molecule has 0 radical (unpaired) electrons.